The third-order valence-corrected chi connectivity index (χ3v) is 3.73. The van der Waals surface area contributed by atoms with E-state index in [0.717, 1.165) is 18.9 Å². The van der Waals surface area contributed by atoms with Crippen molar-refractivity contribution in [2.75, 3.05) is 31.1 Å². The van der Waals surface area contributed by atoms with Crippen LogP contribution in [0.2, 0.25) is 5.15 Å². The van der Waals surface area contributed by atoms with Crippen molar-refractivity contribution in [1.82, 2.24) is 19.9 Å². The highest BCUT2D eigenvalue weighted by Crippen LogP contribution is 2.17. The molecule has 0 saturated carbocycles. The molecular formula is C14H14ClN5O. The average molecular weight is 304 g/mol. The lowest BCUT2D eigenvalue weighted by Gasteiger charge is -2.35. The molecule has 0 atom stereocenters. The predicted octanol–water partition coefficient (Wildman–Crippen LogP) is 1.49. The van der Waals surface area contributed by atoms with E-state index in [1.165, 1.54) is 0 Å². The molecule has 1 saturated heterocycles. The van der Waals surface area contributed by atoms with E-state index in [1.54, 1.807) is 41.8 Å². The Balaban J connectivity index is 1.66. The second-order valence-corrected chi connectivity index (χ2v) is 5.04. The smallest absolute Gasteiger partial charge is 0.257 e. The molecule has 0 radical (unpaired) electrons. The van der Waals surface area contributed by atoms with Crippen LogP contribution in [0.25, 0.3) is 0 Å². The summed E-state index contributed by atoms with van der Waals surface area (Å²) in [6.07, 6.45) is 6.62. The molecule has 3 rings (SSSR count). The van der Waals surface area contributed by atoms with Gasteiger partial charge in [-0.05, 0) is 12.1 Å². The number of amides is 1. The van der Waals surface area contributed by atoms with E-state index in [0.29, 0.717) is 18.7 Å². The van der Waals surface area contributed by atoms with Gasteiger partial charge in [-0.15, -0.1) is 0 Å². The van der Waals surface area contributed by atoms with Crippen molar-refractivity contribution in [3.8, 4) is 0 Å². The van der Waals surface area contributed by atoms with Crippen molar-refractivity contribution in [2.24, 2.45) is 0 Å². The van der Waals surface area contributed by atoms with E-state index in [1.807, 2.05) is 0 Å². The maximum absolute atomic E-state index is 12.4. The molecule has 3 heterocycles. The molecule has 0 unspecified atom stereocenters. The number of piperazine rings is 1. The summed E-state index contributed by atoms with van der Waals surface area (Å²) in [4.78, 5) is 28.6. The van der Waals surface area contributed by atoms with Crippen molar-refractivity contribution in [2.45, 2.75) is 0 Å². The summed E-state index contributed by atoms with van der Waals surface area (Å²) >= 11 is 5.98. The lowest BCUT2D eigenvalue weighted by molar-refractivity contribution is 0.0746. The number of carbonyl (C=O) groups excluding carboxylic acids is 1. The van der Waals surface area contributed by atoms with Crippen LogP contribution in [0.15, 0.2) is 36.9 Å². The van der Waals surface area contributed by atoms with Crippen LogP contribution in [0.5, 0.6) is 0 Å². The Morgan fingerprint density at radius 1 is 1.10 bits per heavy atom. The Morgan fingerprint density at radius 3 is 2.57 bits per heavy atom. The van der Waals surface area contributed by atoms with E-state index in [2.05, 4.69) is 19.9 Å². The van der Waals surface area contributed by atoms with Crippen molar-refractivity contribution in [3.05, 3.63) is 47.6 Å². The molecule has 108 valence electrons. The summed E-state index contributed by atoms with van der Waals surface area (Å²) in [5.41, 5.74) is 0.451. The van der Waals surface area contributed by atoms with E-state index in [-0.39, 0.29) is 11.1 Å². The van der Waals surface area contributed by atoms with Gasteiger partial charge < -0.3 is 9.80 Å². The molecular weight excluding hydrogens is 290 g/mol. The number of pyridine rings is 1. The van der Waals surface area contributed by atoms with Crippen LogP contribution in [0.3, 0.4) is 0 Å². The van der Waals surface area contributed by atoms with Crippen molar-refractivity contribution >= 4 is 23.3 Å². The van der Waals surface area contributed by atoms with Gasteiger partial charge in [0.05, 0.1) is 11.8 Å². The van der Waals surface area contributed by atoms with Crippen molar-refractivity contribution < 1.29 is 4.79 Å². The molecule has 1 aliphatic rings. The minimum Gasteiger partial charge on any atom is -0.352 e. The van der Waals surface area contributed by atoms with Gasteiger partial charge in [-0.1, -0.05) is 11.6 Å². The van der Waals surface area contributed by atoms with Gasteiger partial charge >= 0.3 is 0 Å². The molecule has 1 aliphatic heterocycles. The van der Waals surface area contributed by atoms with Crippen LogP contribution in [0.4, 0.5) is 5.82 Å². The first-order chi connectivity index (χ1) is 10.3. The van der Waals surface area contributed by atoms with E-state index in [4.69, 9.17) is 11.6 Å². The second kappa shape index (κ2) is 6.05. The molecule has 0 spiro atoms. The first-order valence-corrected chi connectivity index (χ1v) is 7.04. The molecule has 0 aliphatic carbocycles. The van der Waals surface area contributed by atoms with Gasteiger partial charge in [0.15, 0.2) is 0 Å². The summed E-state index contributed by atoms with van der Waals surface area (Å²) in [5, 5.41) is 0.249. The quantitative estimate of drug-likeness (QED) is 0.787. The summed E-state index contributed by atoms with van der Waals surface area (Å²) in [6, 6.07) is 3.42. The standard InChI is InChI=1S/C14H14ClN5O/c15-13-11(2-1-3-18-13)14(21)20-8-6-19(7-9-20)12-10-16-4-5-17-12/h1-5,10H,6-9H2. The summed E-state index contributed by atoms with van der Waals surface area (Å²) < 4.78 is 0. The van der Waals surface area contributed by atoms with Crippen LogP contribution in [0.1, 0.15) is 10.4 Å². The Morgan fingerprint density at radius 2 is 1.90 bits per heavy atom. The van der Waals surface area contributed by atoms with E-state index < -0.39 is 0 Å². The topological polar surface area (TPSA) is 62.2 Å². The first-order valence-electron chi connectivity index (χ1n) is 6.66. The third-order valence-electron chi connectivity index (χ3n) is 3.43. The highest BCUT2D eigenvalue weighted by atomic mass is 35.5. The fraction of sp³-hybridized carbons (Fsp3) is 0.286. The maximum atomic E-state index is 12.4. The number of hydrogen-bond donors (Lipinski definition) is 0. The molecule has 1 amide bonds. The molecule has 2 aromatic heterocycles. The monoisotopic (exact) mass is 303 g/mol. The zero-order valence-electron chi connectivity index (χ0n) is 11.3. The Hall–Kier alpha value is -2.21. The van der Waals surface area contributed by atoms with Crippen LogP contribution in [-0.4, -0.2) is 51.9 Å². The van der Waals surface area contributed by atoms with Gasteiger partial charge in [-0.3, -0.25) is 9.78 Å². The Kier molecular flexibility index (Phi) is 3.96. The predicted molar refractivity (Wildman–Crippen MR) is 79.4 cm³/mol. The summed E-state index contributed by atoms with van der Waals surface area (Å²) in [7, 11) is 0. The number of carbonyl (C=O) groups is 1. The molecule has 0 N–H and O–H groups in total. The average Bonchev–Trinajstić information content (AvgIpc) is 2.56. The van der Waals surface area contributed by atoms with Gasteiger partial charge in [0.1, 0.15) is 11.0 Å². The zero-order valence-corrected chi connectivity index (χ0v) is 12.1. The fourth-order valence-electron chi connectivity index (χ4n) is 2.31. The molecule has 1 fully saturated rings. The van der Waals surface area contributed by atoms with E-state index >= 15 is 0 Å². The SMILES string of the molecule is O=C(c1cccnc1Cl)N1CCN(c2cnccn2)CC1. The number of aromatic nitrogens is 3. The molecule has 21 heavy (non-hydrogen) atoms. The fourth-order valence-corrected chi connectivity index (χ4v) is 2.51. The Labute approximate surface area is 127 Å². The van der Waals surface area contributed by atoms with Gasteiger partial charge in [-0.25, -0.2) is 9.97 Å². The number of rotatable bonds is 2. The van der Waals surface area contributed by atoms with Gasteiger partial charge in [-0.2, -0.15) is 0 Å². The highest BCUT2D eigenvalue weighted by molar-refractivity contribution is 6.32. The van der Waals surface area contributed by atoms with Crippen LogP contribution < -0.4 is 4.90 Å². The molecule has 6 nitrogen and oxygen atoms in total. The highest BCUT2D eigenvalue weighted by Gasteiger charge is 2.24. The minimum atomic E-state index is -0.0769. The maximum Gasteiger partial charge on any atom is 0.257 e. The number of halogens is 1. The molecule has 0 bridgehead atoms. The van der Waals surface area contributed by atoms with Crippen molar-refractivity contribution in [3.63, 3.8) is 0 Å². The zero-order chi connectivity index (χ0) is 14.7. The third kappa shape index (κ3) is 2.95. The number of hydrogen-bond acceptors (Lipinski definition) is 5. The summed E-state index contributed by atoms with van der Waals surface area (Å²) in [5.74, 6) is 0.760. The van der Waals surface area contributed by atoms with Gasteiger partial charge in [0, 0.05) is 44.8 Å². The lowest BCUT2D eigenvalue weighted by atomic mass is 10.2. The van der Waals surface area contributed by atoms with E-state index in [9.17, 15) is 4.79 Å². The normalized spacial score (nSPS) is 15.1. The van der Waals surface area contributed by atoms with Crippen LogP contribution in [0, 0.1) is 0 Å². The van der Waals surface area contributed by atoms with Crippen LogP contribution >= 0.6 is 11.6 Å². The second-order valence-electron chi connectivity index (χ2n) is 4.68. The minimum absolute atomic E-state index is 0.0769. The number of nitrogens with zero attached hydrogens (tertiary/aromatic N) is 5. The lowest BCUT2D eigenvalue weighted by Crippen LogP contribution is -2.49. The summed E-state index contributed by atoms with van der Waals surface area (Å²) in [6.45, 7) is 2.70. The number of anilines is 1. The molecule has 2 aromatic rings. The largest absolute Gasteiger partial charge is 0.352 e. The molecule has 0 aromatic carbocycles. The van der Waals surface area contributed by atoms with Gasteiger partial charge in [0.25, 0.3) is 5.91 Å². The van der Waals surface area contributed by atoms with Crippen molar-refractivity contribution in [1.29, 1.82) is 0 Å². The Bertz CT molecular complexity index is 628. The first kappa shape index (κ1) is 13.8. The van der Waals surface area contributed by atoms with Crippen LogP contribution in [-0.2, 0) is 0 Å². The van der Waals surface area contributed by atoms with Gasteiger partial charge in [0.2, 0.25) is 0 Å². The molecule has 7 heteroatoms.